The summed E-state index contributed by atoms with van der Waals surface area (Å²) in [5.41, 5.74) is 0.949. The molecular weight excluding hydrogens is 234 g/mol. The molecule has 4 heteroatoms. The first-order valence-corrected chi connectivity index (χ1v) is 6.31. The molecule has 2 rings (SSSR count). The molecule has 1 unspecified atom stereocenters. The second-order valence-corrected chi connectivity index (χ2v) is 5.69. The molecule has 1 N–H and O–H groups in total. The molecule has 0 spiro atoms. The molecule has 0 radical (unpaired) electrons. The van der Waals surface area contributed by atoms with Gasteiger partial charge in [0.05, 0.1) is 0 Å². The lowest BCUT2D eigenvalue weighted by molar-refractivity contribution is 0.203. The van der Waals surface area contributed by atoms with Crippen molar-refractivity contribution in [3.05, 3.63) is 35.4 Å². The summed E-state index contributed by atoms with van der Waals surface area (Å²) in [5, 5.41) is 3.35. The highest BCUT2D eigenvalue weighted by molar-refractivity contribution is 5.17. The van der Waals surface area contributed by atoms with Crippen LogP contribution < -0.4 is 5.32 Å². The number of hydrogen-bond acceptors (Lipinski definition) is 2. The van der Waals surface area contributed by atoms with Crippen LogP contribution in [0.3, 0.4) is 0 Å². The monoisotopic (exact) mass is 254 g/mol. The van der Waals surface area contributed by atoms with E-state index >= 15 is 0 Å². The van der Waals surface area contributed by atoms with Gasteiger partial charge in [-0.3, -0.25) is 0 Å². The van der Waals surface area contributed by atoms with Crippen LogP contribution in [0.5, 0.6) is 0 Å². The van der Waals surface area contributed by atoms with Crippen molar-refractivity contribution < 1.29 is 8.78 Å². The molecule has 1 aromatic carbocycles. The van der Waals surface area contributed by atoms with Crippen molar-refractivity contribution in [1.29, 1.82) is 0 Å². The summed E-state index contributed by atoms with van der Waals surface area (Å²) in [4.78, 5) is 2.13. The predicted molar refractivity (Wildman–Crippen MR) is 68.3 cm³/mol. The van der Waals surface area contributed by atoms with Gasteiger partial charge in [0.2, 0.25) is 0 Å². The lowest BCUT2D eigenvalue weighted by Gasteiger charge is -2.29. The lowest BCUT2D eigenvalue weighted by Crippen LogP contribution is -2.34. The van der Waals surface area contributed by atoms with Crippen LogP contribution in [0.15, 0.2) is 18.2 Å². The van der Waals surface area contributed by atoms with Crippen molar-refractivity contribution in [1.82, 2.24) is 10.2 Å². The standard InChI is InChI=1S/C14H20F2N2/c1-14(3-4-17-9-14)10-18(2)8-11-5-12(15)7-13(16)6-11/h5-7,17H,3-4,8-10H2,1-2H3. The summed E-state index contributed by atoms with van der Waals surface area (Å²) in [6.45, 7) is 5.81. The highest BCUT2D eigenvalue weighted by atomic mass is 19.1. The zero-order chi connectivity index (χ0) is 13.2. The Kier molecular flexibility index (Phi) is 3.97. The van der Waals surface area contributed by atoms with Crippen LogP contribution in [0.1, 0.15) is 18.9 Å². The van der Waals surface area contributed by atoms with Gasteiger partial charge in [0.1, 0.15) is 11.6 Å². The number of rotatable bonds is 4. The summed E-state index contributed by atoms with van der Waals surface area (Å²) in [7, 11) is 1.99. The minimum absolute atomic E-state index is 0.265. The molecule has 1 aliphatic rings. The third-order valence-corrected chi connectivity index (χ3v) is 3.48. The minimum Gasteiger partial charge on any atom is -0.316 e. The summed E-state index contributed by atoms with van der Waals surface area (Å²) in [5.74, 6) is -1.01. The van der Waals surface area contributed by atoms with Crippen LogP contribution in [0.2, 0.25) is 0 Å². The number of nitrogens with zero attached hydrogens (tertiary/aromatic N) is 1. The second kappa shape index (κ2) is 5.33. The topological polar surface area (TPSA) is 15.3 Å². The van der Waals surface area contributed by atoms with Crippen LogP contribution in [-0.2, 0) is 6.54 Å². The fourth-order valence-electron chi connectivity index (χ4n) is 2.73. The predicted octanol–water partition coefficient (Wildman–Crippen LogP) is 2.40. The molecule has 100 valence electrons. The molecule has 0 saturated carbocycles. The van der Waals surface area contributed by atoms with Gasteiger partial charge in [-0.1, -0.05) is 6.92 Å². The highest BCUT2D eigenvalue weighted by Crippen LogP contribution is 2.25. The van der Waals surface area contributed by atoms with E-state index in [1.54, 1.807) is 0 Å². The fourth-order valence-corrected chi connectivity index (χ4v) is 2.73. The van der Waals surface area contributed by atoms with Crippen LogP contribution >= 0.6 is 0 Å². The molecule has 0 amide bonds. The van der Waals surface area contributed by atoms with E-state index in [0.717, 1.165) is 32.1 Å². The molecule has 1 aromatic rings. The Labute approximate surface area is 107 Å². The molecule has 1 saturated heterocycles. The maximum absolute atomic E-state index is 13.1. The zero-order valence-corrected chi connectivity index (χ0v) is 11.0. The smallest absolute Gasteiger partial charge is 0.126 e. The van der Waals surface area contributed by atoms with E-state index in [4.69, 9.17) is 0 Å². The first-order valence-electron chi connectivity index (χ1n) is 6.31. The Bertz CT molecular complexity index is 394. The third-order valence-electron chi connectivity index (χ3n) is 3.48. The Morgan fingerprint density at radius 2 is 1.94 bits per heavy atom. The number of benzene rings is 1. The van der Waals surface area contributed by atoms with E-state index in [9.17, 15) is 8.78 Å². The Hall–Kier alpha value is -1.00. The average molecular weight is 254 g/mol. The van der Waals surface area contributed by atoms with Crippen molar-refractivity contribution in [3.8, 4) is 0 Å². The molecule has 1 fully saturated rings. The molecule has 2 nitrogen and oxygen atoms in total. The second-order valence-electron chi connectivity index (χ2n) is 5.69. The van der Waals surface area contributed by atoms with Gasteiger partial charge in [-0.2, -0.15) is 0 Å². The molecule has 0 aromatic heterocycles. The van der Waals surface area contributed by atoms with E-state index in [0.29, 0.717) is 12.1 Å². The SMILES string of the molecule is CN(Cc1cc(F)cc(F)c1)CC1(C)CCNC1. The fraction of sp³-hybridized carbons (Fsp3) is 0.571. The van der Waals surface area contributed by atoms with Gasteiger partial charge in [0.25, 0.3) is 0 Å². The molecule has 0 aliphatic carbocycles. The van der Waals surface area contributed by atoms with Gasteiger partial charge in [-0.15, -0.1) is 0 Å². The third kappa shape index (κ3) is 3.50. The summed E-state index contributed by atoms with van der Waals surface area (Å²) >= 11 is 0. The van der Waals surface area contributed by atoms with E-state index in [2.05, 4.69) is 17.1 Å². The molecule has 1 heterocycles. The molecular formula is C14H20F2N2. The molecule has 0 bridgehead atoms. The summed E-state index contributed by atoms with van der Waals surface area (Å²) < 4.78 is 26.2. The van der Waals surface area contributed by atoms with Gasteiger partial charge in [0.15, 0.2) is 0 Å². The Morgan fingerprint density at radius 1 is 1.28 bits per heavy atom. The van der Waals surface area contributed by atoms with Crippen LogP contribution in [0.25, 0.3) is 0 Å². The maximum atomic E-state index is 13.1. The molecule has 1 aliphatic heterocycles. The average Bonchev–Trinajstić information content (AvgIpc) is 2.62. The van der Waals surface area contributed by atoms with Gasteiger partial charge < -0.3 is 10.2 Å². The largest absolute Gasteiger partial charge is 0.316 e. The van der Waals surface area contributed by atoms with Gasteiger partial charge >= 0.3 is 0 Å². The first-order chi connectivity index (χ1) is 8.47. The highest BCUT2D eigenvalue weighted by Gasteiger charge is 2.29. The van der Waals surface area contributed by atoms with Crippen molar-refractivity contribution in [2.45, 2.75) is 19.9 Å². The first kappa shape index (κ1) is 13.4. The Balaban J connectivity index is 1.96. The van der Waals surface area contributed by atoms with E-state index in [1.807, 2.05) is 7.05 Å². The van der Waals surface area contributed by atoms with E-state index < -0.39 is 11.6 Å². The lowest BCUT2D eigenvalue weighted by atomic mass is 9.89. The van der Waals surface area contributed by atoms with Crippen molar-refractivity contribution >= 4 is 0 Å². The number of halogens is 2. The Morgan fingerprint density at radius 3 is 2.50 bits per heavy atom. The van der Waals surface area contributed by atoms with Gasteiger partial charge in [-0.05, 0) is 43.1 Å². The van der Waals surface area contributed by atoms with Gasteiger partial charge in [0, 0.05) is 25.7 Å². The normalized spacial score (nSPS) is 23.8. The summed E-state index contributed by atoms with van der Waals surface area (Å²) in [6.07, 6.45) is 1.15. The quantitative estimate of drug-likeness (QED) is 0.887. The number of hydrogen-bond donors (Lipinski definition) is 1. The zero-order valence-electron chi connectivity index (χ0n) is 11.0. The van der Waals surface area contributed by atoms with Crippen LogP contribution in [0.4, 0.5) is 8.78 Å². The van der Waals surface area contributed by atoms with Crippen molar-refractivity contribution in [2.75, 3.05) is 26.7 Å². The minimum atomic E-state index is -0.507. The van der Waals surface area contributed by atoms with Crippen molar-refractivity contribution in [2.24, 2.45) is 5.41 Å². The van der Waals surface area contributed by atoms with E-state index in [-0.39, 0.29) is 5.41 Å². The molecule has 18 heavy (non-hydrogen) atoms. The maximum Gasteiger partial charge on any atom is 0.126 e. The van der Waals surface area contributed by atoms with Gasteiger partial charge in [-0.25, -0.2) is 8.78 Å². The van der Waals surface area contributed by atoms with Crippen LogP contribution in [-0.4, -0.2) is 31.6 Å². The molecule has 1 atom stereocenters. The van der Waals surface area contributed by atoms with Crippen LogP contribution in [0, 0.1) is 17.0 Å². The van der Waals surface area contributed by atoms with E-state index in [1.165, 1.54) is 12.1 Å². The number of nitrogens with one attached hydrogen (secondary N) is 1. The van der Waals surface area contributed by atoms with Crippen molar-refractivity contribution in [3.63, 3.8) is 0 Å². The summed E-state index contributed by atoms with van der Waals surface area (Å²) in [6, 6.07) is 3.70.